The quantitative estimate of drug-likeness (QED) is 0.759. The number of piperidine rings is 2. The van der Waals surface area contributed by atoms with Gasteiger partial charge in [0.2, 0.25) is 5.91 Å². The molecule has 7 nitrogen and oxygen atoms in total. The van der Waals surface area contributed by atoms with Gasteiger partial charge in [-0.3, -0.25) is 14.5 Å². The predicted octanol–water partition coefficient (Wildman–Crippen LogP) is 1.57. The third-order valence-electron chi connectivity index (χ3n) is 7.10. The van der Waals surface area contributed by atoms with Crippen LogP contribution >= 0.6 is 0 Å². The average Bonchev–Trinajstić information content (AvgIpc) is 2.84. The van der Waals surface area contributed by atoms with Gasteiger partial charge in [-0.25, -0.2) is 4.79 Å². The van der Waals surface area contributed by atoms with E-state index in [0.717, 1.165) is 51.7 Å². The highest BCUT2D eigenvalue weighted by Crippen LogP contribution is 2.34. The summed E-state index contributed by atoms with van der Waals surface area (Å²) >= 11 is 0. The lowest BCUT2D eigenvalue weighted by atomic mass is 9.83. The summed E-state index contributed by atoms with van der Waals surface area (Å²) in [5.41, 5.74) is -0.733. The fraction of sp³-hybridized carbons (Fsp3) is 0.850. The molecule has 1 unspecified atom stereocenters. The van der Waals surface area contributed by atoms with E-state index in [1.54, 1.807) is 0 Å². The highest BCUT2D eigenvalue weighted by atomic mass is 16.2. The molecule has 4 amide bonds. The molecule has 1 spiro atoms. The first-order valence-corrected chi connectivity index (χ1v) is 10.6. The Bertz CT molecular complexity index is 623. The van der Waals surface area contributed by atoms with E-state index in [-0.39, 0.29) is 29.8 Å². The number of urea groups is 1. The Morgan fingerprint density at radius 2 is 1.78 bits per heavy atom. The highest BCUT2D eigenvalue weighted by Gasteiger charge is 2.54. The maximum absolute atomic E-state index is 13.3. The zero-order chi connectivity index (χ0) is 19.2. The van der Waals surface area contributed by atoms with E-state index < -0.39 is 5.54 Å². The van der Waals surface area contributed by atoms with Crippen LogP contribution in [0.15, 0.2) is 0 Å². The minimum atomic E-state index is -0.733. The van der Waals surface area contributed by atoms with Gasteiger partial charge in [0.25, 0.3) is 5.91 Å². The fourth-order valence-electron chi connectivity index (χ4n) is 5.01. The van der Waals surface area contributed by atoms with Gasteiger partial charge in [-0.1, -0.05) is 6.42 Å². The SMILES string of the molecule is CC(C)N1CCC2(CC1)NC(=O)N(C1CCCN(C(=O)C3CCC3)C1)C2=O. The second kappa shape index (κ2) is 7.08. The molecule has 4 aliphatic rings. The number of nitrogens with one attached hydrogen (secondary N) is 1. The Morgan fingerprint density at radius 1 is 1.07 bits per heavy atom. The molecule has 1 N–H and O–H groups in total. The van der Waals surface area contributed by atoms with E-state index in [4.69, 9.17) is 0 Å². The van der Waals surface area contributed by atoms with Crippen LogP contribution in [0.2, 0.25) is 0 Å². The van der Waals surface area contributed by atoms with Gasteiger partial charge in [-0.05, 0) is 52.4 Å². The standard InChI is InChI=1S/C20H32N4O3/c1-14(2)22-11-8-20(9-12-22)18(26)24(19(27)21-20)16-7-4-10-23(13-16)17(25)15-5-3-6-15/h14-16H,3-13H2,1-2H3,(H,21,27). The topological polar surface area (TPSA) is 73.0 Å². The summed E-state index contributed by atoms with van der Waals surface area (Å²) in [4.78, 5) is 44.3. The van der Waals surface area contributed by atoms with Gasteiger partial charge in [0.05, 0.1) is 6.04 Å². The summed E-state index contributed by atoms with van der Waals surface area (Å²) in [6, 6.07) is 0.00815. The molecule has 0 aromatic rings. The molecule has 1 atom stereocenters. The molecule has 1 saturated carbocycles. The summed E-state index contributed by atoms with van der Waals surface area (Å²) in [6.07, 6.45) is 6.09. The first-order chi connectivity index (χ1) is 12.9. The van der Waals surface area contributed by atoms with Crippen molar-refractivity contribution < 1.29 is 14.4 Å². The first kappa shape index (κ1) is 18.7. The van der Waals surface area contributed by atoms with E-state index >= 15 is 0 Å². The van der Waals surface area contributed by atoms with Crippen LogP contribution in [0, 0.1) is 5.92 Å². The second-order valence-corrected chi connectivity index (χ2v) is 9.03. The Balaban J connectivity index is 1.43. The third-order valence-corrected chi connectivity index (χ3v) is 7.10. The lowest BCUT2D eigenvalue weighted by Gasteiger charge is -2.41. The van der Waals surface area contributed by atoms with Crippen molar-refractivity contribution in [2.24, 2.45) is 5.92 Å². The van der Waals surface area contributed by atoms with Crippen LogP contribution in [0.5, 0.6) is 0 Å². The van der Waals surface area contributed by atoms with E-state index in [0.29, 0.717) is 25.4 Å². The molecule has 4 rings (SSSR count). The average molecular weight is 377 g/mol. The molecule has 0 aromatic carbocycles. The highest BCUT2D eigenvalue weighted by molar-refractivity contribution is 6.07. The predicted molar refractivity (Wildman–Crippen MR) is 101 cm³/mol. The zero-order valence-electron chi connectivity index (χ0n) is 16.6. The molecule has 0 radical (unpaired) electrons. The first-order valence-electron chi connectivity index (χ1n) is 10.6. The minimum Gasteiger partial charge on any atom is -0.340 e. The van der Waals surface area contributed by atoms with Gasteiger partial charge in [-0.2, -0.15) is 0 Å². The molecule has 3 heterocycles. The third kappa shape index (κ3) is 3.24. The maximum atomic E-state index is 13.3. The molecule has 7 heteroatoms. The molecule has 3 aliphatic heterocycles. The lowest BCUT2D eigenvalue weighted by Crippen LogP contribution is -2.57. The van der Waals surface area contributed by atoms with Crippen molar-refractivity contribution in [3.63, 3.8) is 0 Å². The van der Waals surface area contributed by atoms with Crippen LogP contribution in [-0.2, 0) is 9.59 Å². The Morgan fingerprint density at radius 3 is 2.37 bits per heavy atom. The number of rotatable bonds is 3. The molecule has 0 aromatic heterocycles. The largest absolute Gasteiger partial charge is 0.340 e. The van der Waals surface area contributed by atoms with Gasteiger partial charge in [0, 0.05) is 38.1 Å². The molecular weight excluding hydrogens is 344 g/mol. The van der Waals surface area contributed by atoms with E-state index in [1.165, 1.54) is 4.90 Å². The lowest BCUT2D eigenvalue weighted by molar-refractivity contribution is -0.143. The Hall–Kier alpha value is -1.63. The Kier molecular flexibility index (Phi) is 4.91. The summed E-state index contributed by atoms with van der Waals surface area (Å²) in [7, 11) is 0. The molecular formula is C20H32N4O3. The van der Waals surface area contributed by atoms with Crippen molar-refractivity contribution in [1.82, 2.24) is 20.0 Å². The van der Waals surface area contributed by atoms with Crippen LogP contribution in [0.4, 0.5) is 4.79 Å². The second-order valence-electron chi connectivity index (χ2n) is 9.03. The number of hydrogen-bond acceptors (Lipinski definition) is 4. The summed E-state index contributed by atoms with van der Waals surface area (Å²) in [5, 5.41) is 3.02. The molecule has 4 fully saturated rings. The Labute approximate surface area is 161 Å². The minimum absolute atomic E-state index is 0.0705. The fourth-order valence-corrected chi connectivity index (χ4v) is 5.01. The van der Waals surface area contributed by atoms with Crippen molar-refractivity contribution in [2.45, 2.75) is 76.4 Å². The maximum Gasteiger partial charge on any atom is 0.325 e. The summed E-state index contributed by atoms with van der Waals surface area (Å²) in [5.74, 6) is 0.315. The molecule has 27 heavy (non-hydrogen) atoms. The molecule has 150 valence electrons. The van der Waals surface area contributed by atoms with Gasteiger partial charge in [0.1, 0.15) is 5.54 Å². The van der Waals surface area contributed by atoms with E-state index in [2.05, 4.69) is 24.1 Å². The van der Waals surface area contributed by atoms with Gasteiger partial charge in [0.15, 0.2) is 0 Å². The molecule has 1 aliphatic carbocycles. The number of amides is 4. The van der Waals surface area contributed by atoms with Crippen LogP contribution in [0.25, 0.3) is 0 Å². The smallest absolute Gasteiger partial charge is 0.325 e. The van der Waals surface area contributed by atoms with Gasteiger partial charge in [-0.15, -0.1) is 0 Å². The number of hydrogen-bond donors (Lipinski definition) is 1. The van der Waals surface area contributed by atoms with E-state index in [1.807, 2.05) is 4.90 Å². The van der Waals surface area contributed by atoms with Crippen molar-refractivity contribution in [1.29, 1.82) is 0 Å². The van der Waals surface area contributed by atoms with Crippen molar-refractivity contribution >= 4 is 17.8 Å². The van der Waals surface area contributed by atoms with Crippen molar-refractivity contribution in [2.75, 3.05) is 26.2 Å². The molecule has 0 bridgehead atoms. The van der Waals surface area contributed by atoms with Gasteiger partial charge >= 0.3 is 6.03 Å². The van der Waals surface area contributed by atoms with Crippen LogP contribution in [0.1, 0.15) is 58.8 Å². The number of carbonyl (C=O) groups is 3. The number of nitrogens with zero attached hydrogens (tertiary/aromatic N) is 3. The monoisotopic (exact) mass is 376 g/mol. The molecule has 3 saturated heterocycles. The number of carbonyl (C=O) groups excluding carboxylic acids is 3. The zero-order valence-corrected chi connectivity index (χ0v) is 16.6. The van der Waals surface area contributed by atoms with Crippen LogP contribution in [0.3, 0.4) is 0 Å². The normalized spacial score (nSPS) is 29.4. The number of likely N-dealkylation sites (tertiary alicyclic amines) is 2. The van der Waals surface area contributed by atoms with Crippen molar-refractivity contribution in [3.8, 4) is 0 Å². The van der Waals surface area contributed by atoms with Crippen LogP contribution < -0.4 is 5.32 Å². The summed E-state index contributed by atoms with van der Waals surface area (Å²) < 4.78 is 0. The van der Waals surface area contributed by atoms with Crippen molar-refractivity contribution in [3.05, 3.63) is 0 Å². The summed E-state index contributed by atoms with van der Waals surface area (Å²) in [6.45, 7) is 7.24. The van der Waals surface area contributed by atoms with E-state index in [9.17, 15) is 14.4 Å². The van der Waals surface area contributed by atoms with Gasteiger partial charge < -0.3 is 15.1 Å². The number of imide groups is 1. The van der Waals surface area contributed by atoms with Crippen LogP contribution in [-0.4, -0.2) is 76.3 Å².